The Morgan fingerprint density at radius 1 is 1.47 bits per heavy atom. The summed E-state index contributed by atoms with van der Waals surface area (Å²) in [5.74, 6) is 0.768. The van der Waals surface area contributed by atoms with E-state index >= 15 is 0 Å². The monoisotopic (exact) mass is 222 g/mol. The second kappa shape index (κ2) is 3.58. The maximum Gasteiger partial charge on any atom is 0.171 e. The van der Waals surface area contributed by atoms with Gasteiger partial charge in [0.25, 0.3) is 0 Å². The summed E-state index contributed by atoms with van der Waals surface area (Å²) in [6.45, 7) is 5.21. The van der Waals surface area contributed by atoms with Gasteiger partial charge in [0.05, 0.1) is 22.3 Å². The third kappa shape index (κ3) is 1.70. The average Bonchev–Trinajstić information content (AvgIpc) is 2.71. The highest BCUT2D eigenvalue weighted by Crippen LogP contribution is 2.29. The van der Waals surface area contributed by atoms with Gasteiger partial charge in [-0.05, 0) is 13.8 Å². The third-order valence-electron chi connectivity index (χ3n) is 2.10. The number of aryl methyl sites for hydroxylation is 2. The zero-order valence-electron chi connectivity index (χ0n) is 8.70. The maximum atomic E-state index is 11.3. The molecule has 0 aromatic carbocycles. The van der Waals surface area contributed by atoms with Crippen molar-refractivity contribution in [3.05, 3.63) is 22.5 Å². The first-order chi connectivity index (χ1) is 7.09. The van der Waals surface area contributed by atoms with Gasteiger partial charge >= 0.3 is 0 Å². The molecule has 2 rings (SSSR count). The number of thiazole rings is 1. The van der Waals surface area contributed by atoms with Crippen molar-refractivity contribution in [3.63, 3.8) is 0 Å². The lowest BCUT2D eigenvalue weighted by Gasteiger charge is -1.87. The Morgan fingerprint density at radius 3 is 2.67 bits per heavy atom. The van der Waals surface area contributed by atoms with E-state index in [9.17, 15) is 4.79 Å². The van der Waals surface area contributed by atoms with Crippen molar-refractivity contribution in [1.82, 2.24) is 10.1 Å². The van der Waals surface area contributed by atoms with Crippen LogP contribution in [0.2, 0.25) is 0 Å². The van der Waals surface area contributed by atoms with Gasteiger partial charge in [-0.25, -0.2) is 4.98 Å². The molecule has 0 radical (unpaired) electrons. The Balaban J connectivity index is 2.52. The van der Waals surface area contributed by atoms with E-state index < -0.39 is 0 Å². The van der Waals surface area contributed by atoms with Crippen LogP contribution in [-0.4, -0.2) is 15.9 Å². The quantitative estimate of drug-likeness (QED) is 0.733. The topological polar surface area (TPSA) is 56.0 Å². The molecule has 78 valence electrons. The van der Waals surface area contributed by atoms with E-state index in [1.165, 1.54) is 11.3 Å². The Morgan fingerprint density at radius 2 is 2.20 bits per heavy atom. The smallest absolute Gasteiger partial charge is 0.171 e. The lowest BCUT2D eigenvalue weighted by Crippen LogP contribution is -1.89. The minimum absolute atomic E-state index is 0.0466. The first-order valence-corrected chi connectivity index (χ1v) is 5.31. The first kappa shape index (κ1) is 10.0. The Hall–Kier alpha value is -1.49. The lowest BCUT2D eigenvalue weighted by atomic mass is 10.3. The van der Waals surface area contributed by atoms with Crippen LogP contribution in [0.3, 0.4) is 0 Å². The number of Topliss-reactive ketones (excluding diaryl/α,β-unsaturated/α-hetero) is 1. The maximum absolute atomic E-state index is 11.3. The SMILES string of the molecule is CC(=O)c1sc(-c2cnoc2C)nc1C. The predicted octanol–water partition coefficient (Wildman–Crippen LogP) is 2.62. The number of rotatable bonds is 2. The van der Waals surface area contributed by atoms with Crippen LogP contribution in [0.25, 0.3) is 10.6 Å². The molecule has 2 aromatic heterocycles. The largest absolute Gasteiger partial charge is 0.361 e. The van der Waals surface area contributed by atoms with Crippen LogP contribution in [-0.2, 0) is 0 Å². The molecule has 0 aliphatic carbocycles. The van der Waals surface area contributed by atoms with Gasteiger partial charge in [-0.3, -0.25) is 4.79 Å². The Labute approximate surface area is 90.9 Å². The number of aromatic nitrogens is 2. The summed E-state index contributed by atoms with van der Waals surface area (Å²) in [6, 6.07) is 0. The van der Waals surface area contributed by atoms with Gasteiger partial charge in [0.15, 0.2) is 5.78 Å². The molecule has 0 saturated carbocycles. The molecule has 0 spiro atoms. The van der Waals surface area contributed by atoms with Crippen LogP contribution in [0.15, 0.2) is 10.7 Å². The Kier molecular flexibility index (Phi) is 2.40. The van der Waals surface area contributed by atoms with E-state index in [1.807, 2.05) is 13.8 Å². The highest BCUT2D eigenvalue weighted by atomic mass is 32.1. The van der Waals surface area contributed by atoms with E-state index in [1.54, 1.807) is 13.1 Å². The minimum atomic E-state index is 0.0466. The number of carbonyl (C=O) groups is 1. The third-order valence-corrected chi connectivity index (χ3v) is 3.39. The van der Waals surface area contributed by atoms with E-state index in [0.717, 1.165) is 22.0 Å². The van der Waals surface area contributed by atoms with Crippen LogP contribution in [0, 0.1) is 13.8 Å². The van der Waals surface area contributed by atoms with E-state index in [-0.39, 0.29) is 5.78 Å². The van der Waals surface area contributed by atoms with Gasteiger partial charge in [0.1, 0.15) is 10.8 Å². The number of nitrogens with zero attached hydrogens (tertiary/aromatic N) is 2. The predicted molar refractivity (Wildman–Crippen MR) is 57.1 cm³/mol. The second-order valence-electron chi connectivity index (χ2n) is 3.29. The zero-order chi connectivity index (χ0) is 11.0. The van der Waals surface area contributed by atoms with Crippen LogP contribution >= 0.6 is 11.3 Å². The number of hydrogen-bond acceptors (Lipinski definition) is 5. The highest BCUT2D eigenvalue weighted by molar-refractivity contribution is 7.17. The standard InChI is InChI=1S/C10H10N2O2S/c1-5-9(6(2)13)15-10(12-5)8-4-11-14-7(8)3/h4H,1-3H3. The molecule has 0 aliphatic heterocycles. The van der Waals surface area contributed by atoms with Gasteiger partial charge in [-0.15, -0.1) is 11.3 Å². The molecule has 0 atom stereocenters. The summed E-state index contributed by atoms with van der Waals surface area (Å²) in [7, 11) is 0. The fourth-order valence-electron chi connectivity index (χ4n) is 1.34. The fourth-order valence-corrected chi connectivity index (χ4v) is 2.36. The molecule has 15 heavy (non-hydrogen) atoms. The average molecular weight is 222 g/mol. The van der Waals surface area contributed by atoms with Crippen molar-refractivity contribution in [2.24, 2.45) is 0 Å². The summed E-state index contributed by atoms with van der Waals surface area (Å²) in [4.78, 5) is 16.3. The molecule has 5 heteroatoms. The van der Waals surface area contributed by atoms with Crippen LogP contribution in [0.1, 0.15) is 28.0 Å². The van der Waals surface area contributed by atoms with Gasteiger partial charge in [-0.1, -0.05) is 5.16 Å². The van der Waals surface area contributed by atoms with Gasteiger partial charge in [-0.2, -0.15) is 0 Å². The van der Waals surface area contributed by atoms with Crippen molar-refractivity contribution >= 4 is 17.1 Å². The molecule has 0 amide bonds. The van der Waals surface area contributed by atoms with Gasteiger partial charge in [0.2, 0.25) is 0 Å². The molecule has 2 aromatic rings. The van der Waals surface area contributed by atoms with E-state index in [2.05, 4.69) is 10.1 Å². The molecule has 0 aliphatic rings. The van der Waals surface area contributed by atoms with E-state index in [4.69, 9.17) is 4.52 Å². The molecular weight excluding hydrogens is 212 g/mol. The number of carbonyl (C=O) groups excluding carboxylic acids is 1. The van der Waals surface area contributed by atoms with Crippen molar-refractivity contribution in [2.75, 3.05) is 0 Å². The van der Waals surface area contributed by atoms with Crippen molar-refractivity contribution < 1.29 is 9.32 Å². The van der Waals surface area contributed by atoms with Gasteiger partial charge in [0, 0.05) is 6.92 Å². The Bertz CT molecular complexity index is 513. The minimum Gasteiger partial charge on any atom is -0.361 e. The highest BCUT2D eigenvalue weighted by Gasteiger charge is 2.15. The lowest BCUT2D eigenvalue weighted by molar-refractivity contribution is 0.102. The number of ketones is 1. The molecule has 0 saturated heterocycles. The molecular formula is C10H10N2O2S. The van der Waals surface area contributed by atoms with E-state index in [0.29, 0.717) is 4.88 Å². The second-order valence-corrected chi connectivity index (χ2v) is 4.28. The molecule has 0 unspecified atom stereocenters. The summed E-state index contributed by atoms with van der Waals surface area (Å²) in [5.41, 5.74) is 1.62. The summed E-state index contributed by atoms with van der Waals surface area (Å²) < 4.78 is 4.96. The molecule has 0 N–H and O–H groups in total. The summed E-state index contributed by atoms with van der Waals surface area (Å²) in [6.07, 6.45) is 1.62. The van der Waals surface area contributed by atoms with Crippen molar-refractivity contribution in [3.8, 4) is 10.6 Å². The molecule has 4 nitrogen and oxygen atoms in total. The molecule has 0 bridgehead atoms. The first-order valence-electron chi connectivity index (χ1n) is 4.49. The zero-order valence-corrected chi connectivity index (χ0v) is 9.51. The summed E-state index contributed by atoms with van der Waals surface area (Å²) >= 11 is 1.38. The molecule has 2 heterocycles. The fraction of sp³-hybridized carbons (Fsp3) is 0.300. The number of hydrogen-bond donors (Lipinski definition) is 0. The van der Waals surface area contributed by atoms with Crippen LogP contribution in [0.4, 0.5) is 0 Å². The van der Waals surface area contributed by atoms with Crippen molar-refractivity contribution in [2.45, 2.75) is 20.8 Å². The van der Waals surface area contributed by atoms with Crippen LogP contribution in [0.5, 0.6) is 0 Å². The summed E-state index contributed by atoms with van der Waals surface area (Å²) in [5, 5.41) is 4.48. The molecule has 0 fully saturated rings. The normalized spacial score (nSPS) is 10.6. The van der Waals surface area contributed by atoms with Crippen molar-refractivity contribution in [1.29, 1.82) is 0 Å². The van der Waals surface area contributed by atoms with Crippen LogP contribution < -0.4 is 0 Å². The van der Waals surface area contributed by atoms with Gasteiger partial charge < -0.3 is 4.52 Å².